The van der Waals surface area contributed by atoms with Gasteiger partial charge < -0.3 is 29.4 Å². The number of carboxylic acid groups (broad SMARTS) is 1. The second kappa shape index (κ2) is 15.1. The number of carboxylic acids is 1. The number of thiophene rings is 1. The minimum Gasteiger partial charge on any atom is -0.475 e. The van der Waals surface area contributed by atoms with Crippen molar-refractivity contribution >= 4 is 56.0 Å². The summed E-state index contributed by atoms with van der Waals surface area (Å²) in [6, 6.07) is 17.5. The molecule has 5 aromatic rings. The number of morpholine rings is 1. The summed E-state index contributed by atoms with van der Waals surface area (Å²) in [6.07, 6.45) is -1.90. The van der Waals surface area contributed by atoms with Crippen molar-refractivity contribution in [3.8, 4) is 11.8 Å². The molecule has 2 aliphatic heterocycles. The number of ether oxygens (including phenoxy) is 2. The summed E-state index contributed by atoms with van der Waals surface area (Å²) < 4.78 is 60.4. The van der Waals surface area contributed by atoms with Gasteiger partial charge >= 0.3 is 18.2 Å². The van der Waals surface area contributed by atoms with Crippen molar-refractivity contribution in [2.75, 3.05) is 38.2 Å². The van der Waals surface area contributed by atoms with E-state index in [1.165, 1.54) is 17.7 Å². The highest BCUT2D eigenvalue weighted by atomic mass is 32.1. The maximum atomic E-state index is 14.9. The van der Waals surface area contributed by atoms with Gasteiger partial charge in [0.2, 0.25) is 0 Å². The number of nitrogens with zero attached hydrogens (tertiary/aromatic N) is 4. The van der Waals surface area contributed by atoms with E-state index in [-0.39, 0.29) is 24.1 Å². The van der Waals surface area contributed by atoms with Crippen molar-refractivity contribution in [3.63, 3.8) is 0 Å². The molecular formula is C34H30F4N6O5S. The summed E-state index contributed by atoms with van der Waals surface area (Å²) in [5.74, 6) is 4.13. The molecule has 0 unspecified atom stereocenters. The SMILES string of the molecule is O=C(O)C(F)(F)F.O=C(O[C@H]1CN[C@H](C#Cc2cc3ncnc(Nc4ccc5c(c4)c(F)cn5Cc4ccccc4)c3s2)C1)N1CCOCC1. The minimum atomic E-state index is -5.08. The fourth-order valence-corrected chi connectivity index (χ4v) is 6.33. The highest BCUT2D eigenvalue weighted by molar-refractivity contribution is 7.20. The third-order valence-corrected chi connectivity index (χ3v) is 8.89. The van der Waals surface area contributed by atoms with Gasteiger partial charge in [-0.15, -0.1) is 11.3 Å². The summed E-state index contributed by atoms with van der Waals surface area (Å²) in [5.41, 5.74) is 3.45. The predicted octanol–water partition coefficient (Wildman–Crippen LogP) is 5.76. The second-order valence-corrected chi connectivity index (χ2v) is 12.4. The maximum Gasteiger partial charge on any atom is 0.490 e. The minimum absolute atomic E-state index is 0.0767. The zero-order chi connectivity index (χ0) is 35.3. The zero-order valence-electron chi connectivity index (χ0n) is 26.2. The molecule has 0 spiro atoms. The van der Waals surface area contributed by atoms with Crippen LogP contribution in [0.3, 0.4) is 0 Å². The number of amides is 1. The van der Waals surface area contributed by atoms with Crippen LogP contribution in [0.4, 0.5) is 33.9 Å². The third-order valence-electron chi connectivity index (χ3n) is 7.84. The van der Waals surface area contributed by atoms with Gasteiger partial charge in [0.1, 0.15) is 18.2 Å². The summed E-state index contributed by atoms with van der Waals surface area (Å²) in [4.78, 5) is 32.7. The Morgan fingerprint density at radius 1 is 1.12 bits per heavy atom. The van der Waals surface area contributed by atoms with Gasteiger partial charge in [-0.3, -0.25) is 5.32 Å². The van der Waals surface area contributed by atoms with Crippen LogP contribution in [0.2, 0.25) is 0 Å². The zero-order valence-corrected chi connectivity index (χ0v) is 27.1. The van der Waals surface area contributed by atoms with E-state index in [0.29, 0.717) is 57.0 Å². The van der Waals surface area contributed by atoms with Crippen molar-refractivity contribution < 1.29 is 41.7 Å². The molecule has 0 saturated carbocycles. The first-order valence-electron chi connectivity index (χ1n) is 15.5. The Morgan fingerprint density at radius 2 is 1.88 bits per heavy atom. The summed E-state index contributed by atoms with van der Waals surface area (Å²) >= 11 is 1.50. The summed E-state index contributed by atoms with van der Waals surface area (Å²) in [7, 11) is 0. The van der Waals surface area contributed by atoms with Crippen LogP contribution in [0.5, 0.6) is 0 Å². The lowest BCUT2D eigenvalue weighted by Crippen LogP contribution is -2.42. The number of hydrogen-bond acceptors (Lipinski definition) is 9. The fourth-order valence-electron chi connectivity index (χ4n) is 5.41. The number of alkyl halides is 3. The van der Waals surface area contributed by atoms with Gasteiger partial charge in [-0.05, 0) is 29.8 Å². The molecule has 0 aliphatic carbocycles. The van der Waals surface area contributed by atoms with E-state index in [2.05, 4.69) is 32.4 Å². The number of carbonyl (C=O) groups excluding carboxylic acids is 1. The van der Waals surface area contributed by atoms with Crippen LogP contribution in [0.1, 0.15) is 16.9 Å². The van der Waals surface area contributed by atoms with Crippen molar-refractivity contribution in [2.24, 2.45) is 0 Å². The lowest BCUT2D eigenvalue weighted by Gasteiger charge is -2.27. The van der Waals surface area contributed by atoms with Crippen LogP contribution >= 0.6 is 11.3 Å². The molecule has 2 saturated heterocycles. The standard InChI is InChI=1S/C32H29FN6O3S.C2HF3O2/c33-27-19-39(18-21-4-2-1-3-5-21)29-9-7-23(15-26(27)29)37-31-30-28(35-20-36-31)16-25(43-30)8-6-22-14-24(17-34-22)42-32(40)38-10-12-41-13-11-38;3-2(4,5)1(6)7/h1-5,7,9,15-16,19-20,22,24,34H,10-14,17-18H2,(H,35,36,37);(H,6,7)/t22-,24-;/m1./s1. The average molecular weight is 711 g/mol. The molecule has 3 N–H and O–H groups in total. The van der Waals surface area contributed by atoms with Crippen LogP contribution in [0, 0.1) is 17.7 Å². The van der Waals surface area contributed by atoms with Gasteiger partial charge in [0, 0.05) is 49.9 Å². The van der Waals surface area contributed by atoms with E-state index in [9.17, 15) is 22.4 Å². The first-order valence-corrected chi connectivity index (χ1v) is 16.3. The number of aliphatic carboxylic acids is 1. The summed E-state index contributed by atoms with van der Waals surface area (Å²) in [6.45, 7) is 3.36. The Morgan fingerprint density at radius 3 is 2.62 bits per heavy atom. The summed E-state index contributed by atoms with van der Waals surface area (Å²) in [5, 5.41) is 14.4. The second-order valence-electron chi connectivity index (χ2n) is 11.4. The van der Waals surface area contributed by atoms with Crippen LogP contribution < -0.4 is 10.6 Å². The van der Waals surface area contributed by atoms with Crippen LogP contribution in [0.25, 0.3) is 21.1 Å². The number of rotatable bonds is 5. The topological polar surface area (TPSA) is 131 Å². The molecule has 2 fully saturated rings. The van der Waals surface area contributed by atoms with Gasteiger partial charge in [0.15, 0.2) is 5.82 Å². The van der Waals surface area contributed by atoms with Gasteiger partial charge in [-0.25, -0.2) is 23.9 Å². The third kappa shape index (κ3) is 8.48. The number of halogens is 4. The van der Waals surface area contributed by atoms with Crippen LogP contribution in [-0.2, 0) is 20.8 Å². The number of aromatic nitrogens is 3. The van der Waals surface area contributed by atoms with Gasteiger partial charge in [-0.1, -0.05) is 42.2 Å². The Labute approximate surface area is 286 Å². The molecular weight excluding hydrogens is 680 g/mol. The van der Waals surface area contributed by atoms with Crippen LogP contribution in [0.15, 0.2) is 67.1 Å². The Balaban J connectivity index is 0.000000561. The largest absolute Gasteiger partial charge is 0.490 e. The molecule has 2 aromatic carbocycles. The average Bonchev–Trinajstić information content (AvgIpc) is 3.82. The van der Waals surface area contributed by atoms with E-state index in [4.69, 9.17) is 19.4 Å². The molecule has 7 rings (SSSR count). The van der Waals surface area contributed by atoms with E-state index >= 15 is 0 Å². The van der Waals surface area contributed by atoms with Gasteiger partial charge in [0.25, 0.3) is 0 Å². The van der Waals surface area contributed by atoms with Crippen molar-refractivity contribution in [1.29, 1.82) is 0 Å². The van der Waals surface area contributed by atoms with Crippen molar-refractivity contribution in [2.45, 2.75) is 31.3 Å². The molecule has 0 bridgehead atoms. The monoisotopic (exact) mass is 710 g/mol. The maximum absolute atomic E-state index is 14.9. The molecule has 50 heavy (non-hydrogen) atoms. The smallest absolute Gasteiger partial charge is 0.475 e. The number of nitrogens with one attached hydrogen (secondary N) is 2. The molecule has 2 aliphatic rings. The molecule has 2 atom stereocenters. The molecule has 11 nitrogen and oxygen atoms in total. The molecule has 1 amide bonds. The number of fused-ring (bicyclic) bond motifs is 2. The van der Waals surface area contributed by atoms with Crippen molar-refractivity contribution in [3.05, 3.63) is 83.4 Å². The van der Waals surface area contributed by atoms with E-state index in [1.807, 2.05) is 59.2 Å². The highest BCUT2D eigenvalue weighted by Crippen LogP contribution is 2.32. The van der Waals surface area contributed by atoms with E-state index in [0.717, 1.165) is 31.9 Å². The molecule has 5 heterocycles. The predicted molar refractivity (Wildman–Crippen MR) is 178 cm³/mol. The Kier molecular flexibility index (Phi) is 10.5. The van der Waals surface area contributed by atoms with E-state index in [1.54, 1.807) is 11.1 Å². The molecule has 3 aromatic heterocycles. The number of hydrogen-bond donors (Lipinski definition) is 3. The van der Waals surface area contributed by atoms with E-state index < -0.39 is 12.1 Å². The molecule has 260 valence electrons. The Hall–Kier alpha value is -5.24. The number of anilines is 2. The quantitative estimate of drug-likeness (QED) is 0.154. The molecule has 0 radical (unpaired) electrons. The number of carbonyl (C=O) groups is 2. The normalized spacial score (nSPS) is 17.5. The van der Waals surface area contributed by atoms with Gasteiger partial charge in [0.05, 0.1) is 39.9 Å². The highest BCUT2D eigenvalue weighted by Gasteiger charge is 2.38. The lowest BCUT2D eigenvalue weighted by molar-refractivity contribution is -0.192. The lowest BCUT2D eigenvalue weighted by atomic mass is 10.2. The Bertz CT molecular complexity index is 2050. The molecule has 16 heteroatoms. The number of benzene rings is 2. The van der Waals surface area contributed by atoms with Crippen molar-refractivity contribution in [1.82, 2.24) is 24.8 Å². The first kappa shape index (κ1) is 34.6. The fraction of sp³-hybridized carbons (Fsp3) is 0.294. The first-order chi connectivity index (χ1) is 24.0. The van der Waals surface area contributed by atoms with Gasteiger partial charge in [-0.2, -0.15) is 13.2 Å². The van der Waals surface area contributed by atoms with Crippen LogP contribution in [-0.4, -0.2) is 87.8 Å².